The van der Waals surface area contributed by atoms with Gasteiger partial charge in [-0.3, -0.25) is 14.5 Å². The molecule has 1 aliphatic heterocycles. The van der Waals surface area contributed by atoms with E-state index in [0.717, 1.165) is 3.57 Å². The molecule has 3 rings (SSSR count). The molecule has 0 bridgehead atoms. The van der Waals surface area contributed by atoms with Crippen LogP contribution in [0.25, 0.3) is 0 Å². The van der Waals surface area contributed by atoms with E-state index in [-0.39, 0.29) is 24.0 Å². The number of anilines is 1. The number of carbonyl (C=O) groups excluding carboxylic acids is 2. The number of ether oxygens (including phenoxy) is 1. The standard InChI is InChI=1S/C20H17ClF2IN3O3S/c1-2-27-17(28)11-16(18(29)25-13-5-3-12(24)4-6-13)31-19(27)26-14-7-9-15(10-8-14)30-20(21,22)23/h3-10,16H,2,11H2,1H3,(H,25,29). The Morgan fingerprint density at radius 1 is 1.29 bits per heavy atom. The molecular weight excluding hydrogens is 563 g/mol. The van der Waals surface area contributed by atoms with Crippen LogP contribution in [0.3, 0.4) is 0 Å². The maximum atomic E-state index is 12.7. The molecule has 2 aromatic rings. The van der Waals surface area contributed by atoms with Crippen LogP contribution < -0.4 is 10.1 Å². The van der Waals surface area contributed by atoms with Crippen molar-refractivity contribution in [1.82, 2.24) is 4.90 Å². The van der Waals surface area contributed by atoms with Crippen molar-refractivity contribution in [2.45, 2.75) is 24.2 Å². The molecular formula is C20H17ClF2IN3O3S. The number of thioether (sulfide) groups is 1. The first kappa shape index (κ1) is 23.7. The second-order valence-corrected chi connectivity index (χ2v) is 9.24. The minimum Gasteiger partial charge on any atom is -0.420 e. The lowest BCUT2D eigenvalue weighted by molar-refractivity contribution is -0.129. The first-order valence-corrected chi connectivity index (χ1v) is 11.5. The summed E-state index contributed by atoms with van der Waals surface area (Å²) in [6.07, 6.45) is 0.0469. The number of benzene rings is 2. The van der Waals surface area contributed by atoms with Gasteiger partial charge in [-0.15, -0.1) is 8.78 Å². The fraction of sp³-hybridized carbons (Fsp3) is 0.250. The van der Waals surface area contributed by atoms with Gasteiger partial charge in [0, 0.05) is 33.8 Å². The van der Waals surface area contributed by atoms with Gasteiger partial charge in [0.2, 0.25) is 11.8 Å². The number of alkyl halides is 3. The van der Waals surface area contributed by atoms with Gasteiger partial charge in [-0.1, -0.05) is 11.8 Å². The fourth-order valence-electron chi connectivity index (χ4n) is 2.74. The third-order valence-corrected chi connectivity index (χ3v) is 6.14. The molecule has 1 saturated heterocycles. The van der Waals surface area contributed by atoms with E-state index in [1.807, 2.05) is 12.1 Å². The number of halogens is 4. The second kappa shape index (κ2) is 10.1. The van der Waals surface area contributed by atoms with Gasteiger partial charge in [0.1, 0.15) is 11.0 Å². The van der Waals surface area contributed by atoms with Crippen LogP contribution in [-0.2, 0) is 9.59 Å². The largest absolute Gasteiger partial charge is 0.487 e. The number of carbonyl (C=O) groups is 2. The van der Waals surface area contributed by atoms with E-state index in [0.29, 0.717) is 23.1 Å². The van der Waals surface area contributed by atoms with Crippen LogP contribution in [0.2, 0.25) is 0 Å². The number of amides is 2. The average Bonchev–Trinajstić information content (AvgIpc) is 2.70. The summed E-state index contributed by atoms with van der Waals surface area (Å²) in [4.78, 5) is 31.2. The van der Waals surface area contributed by atoms with Crippen LogP contribution in [0.5, 0.6) is 5.75 Å². The Kier molecular flexibility index (Phi) is 7.76. The molecule has 2 aromatic carbocycles. The molecule has 1 fully saturated rings. The number of hydrogen-bond acceptors (Lipinski definition) is 5. The van der Waals surface area contributed by atoms with Crippen molar-refractivity contribution in [3.05, 3.63) is 52.1 Å². The molecule has 31 heavy (non-hydrogen) atoms. The van der Waals surface area contributed by atoms with Gasteiger partial charge in [-0.2, -0.15) is 0 Å². The smallest absolute Gasteiger partial charge is 0.420 e. The third-order valence-electron chi connectivity index (χ3n) is 4.16. The van der Waals surface area contributed by atoms with Crippen molar-refractivity contribution in [2.75, 3.05) is 11.9 Å². The SMILES string of the molecule is CCN1C(=O)CC(C(=O)Nc2ccc(I)cc2)SC1=Nc1ccc(OC(F)(F)Cl)cc1. The van der Waals surface area contributed by atoms with Gasteiger partial charge in [-0.05, 0) is 78.0 Å². The van der Waals surface area contributed by atoms with Crippen molar-refractivity contribution in [3.8, 4) is 5.75 Å². The van der Waals surface area contributed by atoms with Crippen molar-refractivity contribution in [2.24, 2.45) is 4.99 Å². The van der Waals surface area contributed by atoms with E-state index in [1.165, 1.54) is 40.9 Å². The lowest BCUT2D eigenvalue weighted by Crippen LogP contribution is -2.45. The Morgan fingerprint density at radius 3 is 2.52 bits per heavy atom. The highest BCUT2D eigenvalue weighted by molar-refractivity contribution is 14.1. The van der Waals surface area contributed by atoms with Crippen LogP contribution in [0.4, 0.5) is 20.2 Å². The minimum absolute atomic E-state index is 0.0469. The summed E-state index contributed by atoms with van der Waals surface area (Å²) in [6.45, 7) is 2.19. The minimum atomic E-state index is -3.81. The number of amidine groups is 1. The normalized spacial score (nSPS) is 18.2. The average molecular weight is 580 g/mol. The van der Waals surface area contributed by atoms with E-state index >= 15 is 0 Å². The first-order valence-electron chi connectivity index (χ1n) is 9.12. The fourth-order valence-corrected chi connectivity index (χ4v) is 4.35. The van der Waals surface area contributed by atoms with E-state index in [4.69, 9.17) is 11.6 Å². The highest BCUT2D eigenvalue weighted by Crippen LogP contribution is 2.31. The first-order chi connectivity index (χ1) is 14.6. The molecule has 2 amide bonds. The number of hydrogen-bond donors (Lipinski definition) is 1. The summed E-state index contributed by atoms with van der Waals surface area (Å²) in [5, 5.41) is 2.53. The molecule has 164 valence electrons. The molecule has 1 atom stereocenters. The highest BCUT2D eigenvalue weighted by atomic mass is 127. The Balaban J connectivity index is 1.76. The van der Waals surface area contributed by atoms with Crippen molar-refractivity contribution in [3.63, 3.8) is 0 Å². The van der Waals surface area contributed by atoms with Crippen LogP contribution >= 0.6 is 46.0 Å². The Labute approximate surface area is 200 Å². The molecule has 0 radical (unpaired) electrons. The topological polar surface area (TPSA) is 71.0 Å². The molecule has 0 spiro atoms. The van der Waals surface area contributed by atoms with E-state index in [1.54, 1.807) is 19.1 Å². The summed E-state index contributed by atoms with van der Waals surface area (Å²) in [7, 11) is 0. The van der Waals surface area contributed by atoms with Crippen molar-refractivity contribution >= 4 is 74.3 Å². The maximum Gasteiger partial charge on any atom is 0.487 e. The predicted octanol–water partition coefficient (Wildman–Crippen LogP) is 5.44. The van der Waals surface area contributed by atoms with Crippen LogP contribution in [0.1, 0.15) is 13.3 Å². The molecule has 0 saturated carbocycles. The van der Waals surface area contributed by atoms with Crippen molar-refractivity contribution in [1.29, 1.82) is 0 Å². The zero-order chi connectivity index (χ0) is 22.6. The van der Waals surface area contributed by atoms with Crippen molar-refractivity contribution < 1.29 is 23.1 Å². The summed E-state index contributed by atoms with van der Waals surface area (Å²) in [6, 6.07) is 12.8. The van der Waals surface area contributed by atoms with Gasteiger partial charge >= 0.3 is 5.57 Å². The van der Waals surface area contributed by atoms with Gasteiger partial charge in [-0.25, -0.2) is 4.99 Å². The quantitative estimate of drug-likeness (QED) is 0.366. The molecule has 11 heteroatoms. The van der Waals surface area contributed by atoms with Gasteiger partial charge < -0.3 is 10.1 Å². The molecule has 0 aromatic heterocycles. The molecule has 1 heterocycles. The summed E-state index contributed by atoms with van der Waals surface area (Å²) in [5.74, 6) is -0.640. The van der Waals surface area contributed by atoms with Crippen LogP contribution in [0.15, 0.2) is 53.5 Å². The zero-order valence-electron chi connectivity index (χ0n) is 16.1. The molecule has 1 N–H and O–H groups in total. The number of nitrogens with zero attached hydrogens (tertiary/aromatic N) is 2. The highest BCUT2D eigenvalue weighted by Gasteiger charge is 2.35. The van der Waals surface area contributed by atoms with E-state index in [9.17, 15) is 18.4 Å². The molecule has 1 unspecified atom stereocenters. The third kappa shape index (κ3) is 6.78. The van der Waals surface area contributed by atoms with Gasteiger partial charge in [0.15, 0.2) is 5.17 Å². The molecule has 6 nitrogen and oxygen atoms in total. The summed E-state index contributed by atoms with van der Waals surface area (Å²) < 4.78 is 30.8. The lowest BCUT2D eigenvalue weighted by Gasteiger charge is -2.30. The lowest BCUT2D eigenvalue weighted by atomic mass is 10.2. The summed E-state index contributed by atoms with van der Waals surface area (Å²) in [5.41, 5.74) is -2.75. The zero-order valence-corrected chi connectivity index (χ0v) is 19.9. The molecule has 0 aliphatic carbocycles. The second-order valence-electron chi connectivity index (χ2n) is 6.38. The Morgan fingerprint density at radius 2 is 1.94 bits per heavy atom. The van der Waals surface area contributed by atoms with E-state index in [2.05, 4.69) is 37.6 Å². The van der Waals surface area contributed by atoms with Crippen LogP contribution in [-0.4, -0.2) is 39.2 Å². The molecule has 1 aliphatic rings. The van der Waals surface area contributed by atoms with Crippen LogP contribution in [0, 0.1) is 3.57 Å². The van der Waals surface area contributed by atoms with Gasteiger partial charge in [0.25, 0.3) is 0 Å². The number of nitrogens with one attached hydrogen (secondary N) is 1. The van der Waals surface area contributed by atoms with E-state index < -0.39 is 10.8 Å². The Hall–Kier alpha value is -1.92. The van der Waals surface area contributed by atoms with Gasteiger partial charge in [0.05, 0.1) is 5.69 Å². The predicted molar refractivity (Wildman–Crippen MR) is 126 cm³/mol. The Bertz CT molecular complexity index is 985. The summed E-state index contributed by atoms with van der Waals surface area (Å²) >= 11 is 8.11. The number of rotatable bonds is 6. The maximum absolute atomic E-state index is 12.7. The monoisotopic (exact) mass is 579 g/mol. The number of aliphatic imine (C=N–C) groups is 1.